The summed E-state index contributed by atoms with van der Waals surface area (Å²) in [4.78, 5) is 11.3. The summed E-state index contributed by atoms with van der Waals surface area (Å²) in [6.07, 6.45) is 1.43. The Balaban J connectivity index is 2.58. The van der Waals surface area contributed by atoms with Crippen LogP contribution in [0.2, 0.25) is 0 Å². The van der Waals surface area contributed by atoms with Gasteiger partial charge in [0.15, 0.2) is 0 Å². The molecule has 0 aliphatic heterocycles. The largest absolute Gasteiger partial charge is 0.480 e. The number of hydrogen-bond acceptors (Lipinski definition) is 2. The summed E-state index contributed by atoms with van der Waals surface area (Å²) in [5.74, 6) is -0.612. The first kappa shape index (κ1) is 11.1. The Kier molecular flexibility index (Phi) is 2.50. The van der Waals surface area contributed by atoms with Gasteiger partial charge in [-0.3, -0.25) is 0 Å². The quantitative estimate of drug-likeness (QED) is 0.757. The van der Waals surface area contributed by atoms with Crippen LogP contribution in [0, 0.1) is 12.8 Å². The van der Waals surface area contributed by atoms with Crippen LogP contribution in [-0.2, 0) is 16.8 Å². The average Bonchev–Trinajstić information content (AvgIpc) is 2.15. The number of nitrogens with two attached hydrogens (primary N) is 1. The molecule has 0 fully saturated rings. The smallest absolute Gasteiger partial charge is 0.328 e. The normalized spacial score (nSPS) is 28.6. The van der Waals surface area contributed by atoms with E-state index in [2.05, 4.69) is 13.0 Å². The molecule has 16 heavy (non-hydrogen) atoms. The average molecular weight is 219 g/mol. The summed E-state index contributed by atoms with van der Waals surface area (Å²) in [5, 5.41) is 9.31. The monoisotopic (exact) mass is 219 g/mol. The zero-order chi connectivity index (χ0) is 11.9. The van der Waals surface area contributed by atoms with Crippen molar-refractivity contribution in [3.8, 4) is 0 Å². The maximum atomic E-state index is 11.3. The van der Waals surface area contributed by atoms with Gasteiger partial charge in [-0.15, -0.1) is 0 Å². The highest BCUT2D eigenvalue weighted by molar-refractivity contribution is 5.81. The molecule has 0 aromatic heterocycles. The summed E-state index contributed by atoms with van der Waals surface area (Å²) in [6.45, 7) is 4.06. The van der Waals surface area contributed by atoms with Crippen LogP contribution in [0.1, 0.15) is 30.0 Å². The van der Waals surface area contributed by atoms with Gasteiger partial charge in [-0.1, -0.05) is 30.7 Å². The molecule has 2 rings (SSSR count). The SMILES string of the molecule is Cc1ccc2c(c1)CC(C)CC2(N)C(=O)O. The summed E-state index contributed by atoms with van der Waals surface area (Å²) >= 11 is 0. The van der Waals surface area contributed by atoms with Crippen LogP contribution in [0.25, 0.3) is 0 Å². The molecule has 0 heterocycles. The lowest BCUT2D eigenvalue weighted by Crippen LogP contribution is -2.49. The van der Waals surface area contributed by atoms with Gasteiger partial charge in [-0.25, -0.2) is 4.79 Å². The molecule has 0 saturated carbocycles. The molecule has 0 radical (unpaired) electrons. The van der Waals surface area contributed by atoms with Gasteiger partial charge in [0, 0.05) is 0 Å². The fraction of sp³-hybridized carbons (Fsp3) is 0.462. The van der Waals surface area contributed by atoms with Crippen LogP contribution < -0.4 is 5.73 Å². The number of fused-ring (bicyclic) bond motifs is 1. The van der Waals surface area contributed by atoms with E-state index in [4.69, 9.17) is 5.73 Å². The molecule has 0 bridgehead atoms. The lowest BCUT2D eigenvalue weighted by Gasteiger charge is -2.35. The summed E-state index contributed by atoms with van der Waals surface area (Å²) < 4.78 is 0. The number of carbonyl (C=O) groups is 1. The van der Waals surface area contributed by atoms with Gasteiger partial charge >= 0.3 is 5.97 Å². The Labute approximate surface area is 95.3 Å². The number of carboxylic acids is 1. The Morgan fingerprint density at radius 2 is 2.25 bits per heavy atom. The number of aliphatic carboxylic acids is 1. The first-order valence-corrected chi connectivity index (χ1v) is 5.56. The predicted octanol–water partition coefficient (Wildman–Crippen LogP) is 1.82. The molecule has 3 heteroatoms. The third-order valence-corrected chi connectivity index (χ3v) is 3.36. The van der Waals surface area contributed by atoms with E-state index in [0.717, 1.165) is 23.1 Å². The van der Waals surface area contributed by atoms with E-state index in [-0.39, 0.29) is 0 Å². The van der Waals surface area contributed by atoms with E-state index < -0.39 is 11.5 Å². The molecular weight excluding hydrogens is 202 g/mol. The molecule has 1 aliphatic rings. The van der Waals surface area contributed by atoms with E-state index in [0.29, 0.717) is 12.3 Å². The van der Waals surface area contributed by atoms with Crippen LogP contribution in [-0.4, -0.2) is 11.1 Å². The van der Waals surface area contributed by atoms with Crippen molar-refractivity contribution >= 4 is 5.97 Å². The van der Waals surface area contributed by atoms with Gasteiger partial charge in [-0.2, -0.15) is 0 Å². The van der Waals surface area contributed by atoms with Crippen molar-refractivity contribution in [1.29, 1.82) is 0 Å². The first-order valence-electron chi connectivity index (χ1n) is 5.56. The second kappa shape index (κ2) is 3.59. The molecule has 1 aromatic rings. The van der Waals surface area contributed by atoms with Crippen molar-refractivity contribution in [1.82, 2.24) is 0 Å². The molecule has 0 spiro atoms. The number of benzene rings is 1. The molecule has 0 amide bonds. The van der Waals surface area contributed by atoms with E-state index in [9.17, 15) is 9.90 Å². The molecule has 2 atom stereocenters. The Hall–Kier alpha value is -1.35. The second-order valence-electron chi connectivity index (χ2n) is 4.95. The van der Waals surface area contributed by atoms with Gasteiger partial charge in [0.2, 0.25) is 0 Å². The fourth-order valence-electron chi connectivity index (χ4n) is 2.64. The fourth-order valence-corrected chi connectivity index (χ4v) is 2.64. The molecule has 1 aromatic carbocycles. The highest BCUT2D eigenvalue weighted by atomic mass is 16.4. The Bertz CT molecular complexity index is 442. The van der Waals surface area contributed by atoms with Crippen LogP contribution in [0.3, 0.4) is 0 Å². The van der Waals surface area contributed by atoms with Crippen molar-refractivity contribution in [2.75, 3.05) is 0 Å². The number of aryl methyl sites for hydroxylation is 1. The van der Waals surface area contributed by atoms with Crippen molar-refractivity contribution in [3.63, 3.8) is 0 Å². The zero-order valence-corrected chi connectivity index (χ0v) is 9.66. The highest BCUT2D eigenvalue weighted by Gasteiger charge is 2.42. The highest BCUT2D eigenvalue weighted by Crippen LogP contribution is 2.36. The number of rotatable bonds is 1. The molecule has 2 unspecified atom stereocenters. The summed E-state index contributed by atoms with van der Waals surface area (Å²) in [7, 11) is 0. The van der Waals surface area contributed by atoms with Crippen molar-refractivity contribution < 1.29 is 9.90 Å². The molecule has 3 N–H and O–H groups in total. The van der Waals surface area contributed by atoms with E-state index in [1.165, 1.54) is 0 Å². The summed E-state index contributed by atoms with van der Waals surface area (Å²) in [6, 6.07) is 5.85. The van der Waals surface area contributed by atoms with Gasteiger partial charge in [0.25, 0.3) is 0 Å². The molecular formula is C13H17NO2. The topological polar surface area (TPSA) is 63.3 Å². The Morgan fingerprint density at radius 3 is 2.88 bits per heavy atom. The lowest BCUT2D eigenvalue weighted by atomic mass is 9.72. The standard InChI is InChI=1S/C13H17NO2/c1-8-3-4-11-10(5-8)6-9(2)7-13(11,14)12(15)16/h3-5,9H,6-7,14H2,1-2H3,(H,15,16). The van der Waals surface area contributed by atoms with Crippen LogP contribution in [0.4, 0.5) is 0 Å². The van der Waals surface area contributed by atoms with Crippen LogP contribution in [0.5, 0.6) is 0 Å². The molecule has 0 saturated heterocycles. The van der Waals surface area contributed by atoms with Crippen molar-refractivity contribution in [2.45, 2.75) is 32.2 Å². The Morgan fingerprint density at radius 1 is 1.56 bits per heavy atom. The van der Waals surface area contributed by atoms with Crippen molar-refractivity contribution in [3.05, 3.63) is 34.9 Å². The minimum atomic E-state index is -1.21. The van der Waals surface area contributed by atoms with E-state index >= 15 is 0 Å². The maximum absolute atomic E-state index is 11.3. The van der Waals surface area contributed by atoms with E-state index in [1.807, 2.05) is 19.1 Å². The third kappa shape index (κ3) is 1.61. The maximum Gasteiger partial charge on any atom is 0.328 e. The predicted molar refractivity (Wildman–Crippen MR) is 62.2 cm³/mol. The van der Waals surface area contributed by atoms with E-state index in [1.54, 1.807) is 0 Å². The number of hydrogen-bond donors (Lipinski definition) is 2. The second-order valence-corrected chi connectivity index (χ2v) is 4.95. The van der Waals surface area contributed by atoms with Gasteiger partial charge < -0.3 is 10.8 Å². The zero-order valence-electron chi connectivity index (χ0n) is 9.66. The number of carboxylic acid groups (broad SMARTS) is 1. The van der Waals surface area contributed by atoms with Crippen LogP contribution in [0.15, 0.2) is 18.2 Å². The van der Waals surface area contributed by atoms with Crippen LogP contribution >= 0.6 is 0 Å². The summed E-state index contributed by atoms with van der Waals surface area (Å²) in [5.41, 5.74) is 7.87. The van der Waals surface area contributed by atoms with Crippen molar-refractivity contribution in [2.24, 2.45) is 11.7 Å². The minimum Gasteiger partial charge on any atom is -0.480 e. The first-order chi connectivity index (χ1) is 7.43. The van der Waals surface area contributed by atoms with Gasteiger partial charge in [0.1, 0.15) is 5.54 Å². The molecule has 1 aliphatic carbocycles. The lowest BCUT2D eigenvalue weighted by molar-refractivity contribution is -0.144. The molecule has 86 valence electrons. The third-order valence-electron chi connectivity index (χ3n) is 3.36. The molecule has 3 nitrogen and oxygen atoms in total. The minimum absolute atomic E-state index is 0.315. The van der Waals surface area contributed by atoms with Gasteiger partial charge in [0.05, 0.1) is 0 Å². The van der Waals surface area contributed by atoms with Gasteiger partial charge in [-0.05, 0) is 36.8 Å².